The van der Waals surface area contributed by atoms with Crippen LogP contribution in [0.1, 0.15) is 5.82 Å². The Morgan fingerprint density at radius 1 is 1.00 bits per heavy atom. The van der Waals surface area contributed by atoms with Crippen molar-refractivity contribution >= 4 is 17.5 Å². The summed E-state index contributed by atoms with van der Waals surface area (Å²) in [7, 11) is 0. The van der Waals surface area contributed by atoms with Crippen molar-refractivity contribution in [3.8, 4) is 17.0 Å². The molecule has 28 heavy (non-hydrogen) atoms. The Labute approximate surface area is 162 Å². The van der Waals surface area contributed by atoms with E-state index in [-0.39, 0.29) is 25.0 Å². The highest BCUT2D eigenvalue weighted by Crippen LogP contribution is 2.20. The molecule has 0 aliphatic carbocycles. The zero-order chi connectivity index (χ0) is 19.8. The van der Waals surface area contributed by atoms with Gasteiger partial charge in [0, 0.05) is 17.4 Å². The number of carbonyl (C=O) groups is 2. The van der Waals surface area contributed by atoms with Crippen LogP contribution in [-0.4, -0.2) is 34.9 Å². The second-order valence-corrected chi connectivity index (χ2v) is 6.00. The Hall–Kier alpha value is -3.74. The summed E-state index contributed by atoms with van der Waals surface area (Å²) >= 11 is 0. The lowest BCUT2D eigenvalue weighted by Crippen LogP contribution is -2.35. The first-order valence-corrected chi connectivity index (χ1v) is 8.74. The third-order valence-corrected chi connectivity index (χ3v) is 3.78. The van der Waals surface area contributed by atoms with Crippen LogP contribution in [0.25, 0.3) is 11.3 Å². The average Bonchev–Trinajstić information content (AvgIpc) is 2.72. The molecule has 0 saturated heterocycles. The van der Waals surface area contributed by atoms with Crippen molar-refractivity contribution in [1.29, 1.82) is 0 Å². The highest BCUT2D eigenvalue weighted by atomic mass is 16.5. The molecule has 0 atom stereocenters. The number of carbonyl (C=O) groups excluding carboxylic acids is 2. The predicted molar refractivity (Wildman–Crippen MR) is 106 cm³/mol. The second-order valence-electron chi connectivity index (χ2n) is 6.00. The number of aromatic nitrogens is 2. The van der Waals surface area contributed by atoms with E-state index in [1.807, 2.05) is 43.3 Å². The molecule has 0 saturated carbocycles. The topological polar surface area (TPSA) is 93.2 Å². The number of nitrogens with zero attached hydrogens (tertiary/aromatic N) is 2. The maximum atomic E-state index is 12.1. The molecule has 2 amide bonds. The van der Waals surface area contributed by atoms with Gasteiger partial charge in [-0.25, -0.2) is 9.97 Å². The molecule has 0 bridgehead atoms. The molecule has 3 aromatic rings. The van der Waals surface area contributed by atoms with Crippen LogP contribution < -0.4 is 15.4 Å². The number of nitrogens with one attached hydrogen (secondary N) is 2. The lowest BCUT2D eigenvalue weighted by Gasteiger charge is -2.09. The van der Waals surface area contributed by atoms with Crippen LogP contribution in [0, 0.1) is 6.92 Å². The van der Waals surface area contributed by atoms with E-state index in [9.17, 15) is 9.59 Å². The molecule has 0 unspecified atom stereocenters. The smallest absolute Gasteiger partial charge is 0.258 e. The molecule has 1 aromatic heterocycles. The summed E-state index contributed by atoms with van der Waals surface area (Å²) in [5, 5.41) is 5.29. The Kier molecular flexibility index (Phi) is 6.30. The number of benzene rings is 2. The SMILES string of the molecule is Cc1nccc(-c2cccc(NC(=O)CNC(=O)COc3ccccc3)c2)n1. The third kappa shape index (κ3) is 5.63. The average molecular weight is 376 g/mol. The third-order valence-electron chi connectivity index (χ3n) is 3.78. The molecule has 2 aromatic carbocycles. The molecule has 0 aliphatic rings. The molecule has 0 fully saturated rings. The molecule has 0 spiro atoms. The predicted octanol–water partition coefficient (Wildman–Crippen LogP) is 2.59. The quantitative estimate of drug-likeness (QED) is 0.661. The Morgan fingerprint density at radius 2 is 1.82 bits per heavy atom. The number of para-hydroxylation sites is 1. The Bertz CT molecular complexity index is 961. The standard InChI is InChI=1S/C21H20N4O3/c1-15-22-11-10-19(24-15)16-6-5-7-17(12-16)25-20(26)13-23-21(27)14-28-18-8-3-2-4-9-18/h2-12H,13-14H2,1H3,(H,23,27)(H,25,26). The first-order valence-electron chi connectivity index (χ1n) is 8.74. The van der Waals surface area contributed by atoms with E-state index in [4.69, 9.17) is 4.74 Å². The van der Waals surface area contributed by atoms with Crippen LogP contribution in [-0.2, 0) is 9.59 Å². The minimum Gasteiger partial charge on any atom is -0.484 e. The van der Waals surface area contributed by atoms with E-state index in [2.05, 4.69) is 20.6 Å². The minimum atomic E-state index is -0.371. The molecule has 142 valence electrons. The van der Waals surface area contributed by atoms with E-state index in [0.717, 1.165) is 11.3 Å². The van der Waals surface area contributed by atoms with Gasteiger partial charge in [0.25, 0.3) is 5.91 Å². The van der Waals surface area contributed by atoms with Crippen LogP contribution in [0.4, 0.5) is 5.69 Å². The molecular weight excluding hydrogens is 356 g/mol. The summed E-state index contributed by atoms with van der Waals surface area (Å²) in [6.07, 6.45) is 1.69. The summed E-state index contributed by atoms with van der Waals surface area (Å²) in [4.78, 5) is 32.4. The first-order chi connectivity index (χ1) is 13.6. The van der Waals surface area contributed by atoms with Gasteiger partial charge >= 0.3 is 0 Å². The number of hydrogen-bond donors (Lipinski definition) is 2. The highest BCUT2D eigenvalue weighted by Gasteiger charge is 2.08. The number of anilines is 1. The van der Waals surface area contributed by atoms with Gasteiger partial charge in [0.05, 0.1) is 12.2 Å². The number of amides is 2. The normalized spacial score (nSPS) is 10.2. The van der Waals surface area contributed by atoms with E-state index in [0.29, 0.717) is 17.3 Å². The van der Waals surface area contributed by atoms with Crippen LogP contribution in [0.3, 0.4) is 0 Å². The molecule has 2 N–H and O–H groups in total. The summed E-state index contributed by atoms with van der Waals surface area (Å²) in [6, 6.07) is 18.1. The first kappa shape index (κ1) is 19.0. The Balaban J connectivity index is 1.49. The molecule has 7 heteroatoms. The molecule has 0 radical (unpaired) electrons. The maximum Gasteiger partial charge on any atom is 0.258 e. The lowest BCUT2D eigenvalue weighted by atomic mass is 10.1. The molecule has 7 nitrogen and oxygen atoms in total. The van der Waals surface area contributed by atoms with Gasteiger partial charge in [0.15, 0.2) is 6.61 Å². The maximum absolute atomic E-state index is 12.1. The van der Waals surface area contributed by atoms with Gasteiger partial charge in [0.1, 0.15) is 11.6 Å². The Morgan fingerprint density at radius 3 is 2.61 bits per heavy atom. The number of rotatable bonds is 7. The lowest BCUT2D eigenvalue weighted by molar-refractivity contribution is -0.125. The number of aryl methyl sites for hydroxylation is 1. The van der Waals surface area contributed by atoms with Crippen molar-refractivity contribution in [2.45, 2.75) is 6.92 Å². The van der Waals surface area contributed by atoms with Crippen LogP contribution in [0.15, 0.2) is 66.9 Å². The minimum absolute atomic E-state index is 0.145. The van der Waals surface area contributed by atoms with Gasteiger partial charge in [-0.2, -0.15) is 0 Å². The van der Waals surface area contributed by atoms with Crippen molar-refractivity contribution in [2.24, 2.45) is 0 Å². The fourth-order valence-electron chi connectivity index (χ4n) is 2.47. The van der Waals surface area contributed by atoms with Crippen molar-refractivity contribution < 1.29 is 14.3 Å². The van der Waals surface area contributed by atoms with Gasteiger partial charge in [-0.3, -0.25) is 9.59 Å². The number of hydrogen-bond acceptors (Lipinski definition) is 5. The molecule has 0 aliphatic heterocycles. The largest absolute Gasteiger partial charge is 0.484 e. The van der Waals surface area contributed by atoms with E-state index < -0.39 is 0 Å². The van der Waals surface area contributed by atoms with Crippen LogP contribution >= 0.6 is 0 Å². The van der Waals surface area contributed by atoms with E-state index in [1.165, 1.54) is 0 Å². The summed E-state index contributed by atoms with van der Waals surface area (Å²) in [6.45, 7) is 1.52. The van der Waals surface area contributed by atoms with Crippen LogP contribution in [0.5, 0.6) is 5.75 Å². The van der Waals surface area contributed by atoms with Gasteiger partial charge < -0.3 is 15.4 Å². The summed E-state index contributed by atoms with van der Waals surface area (Å²) in [5.41, 5.74) is 2.26. The van der Waals surface area contributed by atoms with Crippen LogP contribution in [0.2, 0.25) is 0 Å². The second kappa shape index (κ2) is 9.27. The number of ether oxygens (including phenoxy) is 1. The fourth-order valence-corrected chi connectivity index (χ4v) is 2.47. The molecule has 1 heterocycles. The van der Waals surface area contributed by atoms with E-state index in [1.54, 1.807) is 30.5 Å². The zero-order valence-corrected chi connectivity index (χ0v) is 15.4. The van der Waals surface area contributed by atoms with E-state index >= 15 is 0 Å². The van der Waals surface area contributed by atoms with Gasteiger partial charge in [-0.05, 0) is 37.3 Å². The monoisotopic (exact) mass is 376 g/mol. The van der Waals surface area contributed by atoms with Crippen molar-refractivity contribution in [2.75, 3.05) is 18.5 Å². The fraction of sp³-hybridized carbons (Fsp3) is 0.143. The summed E-state index contributed by atoms with van der Waals surface area (Å²) < 4.78 is 5.34. The van der Waals surface area contributed by atoms with Gasteiger partial charge in [-0.15, -0.1) is 0 Å². The zero-order valence-electron chi connectivity index (χ0n) is 15.4. The highest BCUT2D eigenvalue weighted by molar-refractivity contribution is 5.95. The van der Waals surface area contributed by atoms with Crippen molar-refractivity contribution in [3.63, 3.8) is 0 Å². The van der Waals surface area contributed by atoms with Crippen molar-refractivity contribution in [1.82, 2.24) is 15.3 Å². The molecule has 3 rings (SSSR count). The van der Waals surface area contributed by atoms with Crippen molar-refractivity contribution in [3.05, 3.63) is 72.7 Å². The molecular formula is C21H20N4O3. The van der Waals surface area contributed by atoms with Gasteiger partial charge in [0.2, 0.25) is 5.91 Å². The van der Waals surface area contributed by atoms with Gasteiger partial charge in [-0.1, -0.05) is 30.3 Å². The summed E-state index contributed by atoms with van der Waals surface area (Å²) in [5.74, 6) is 0.569.